The third-order valence-electron chi connectivity index (χ3n) is 3.29. The van der Waals surface area contributed by atoms with Gasteiger partial charge in [0.1, 0.15) is 17.8 Å². The van der Waals surface area contributed by atoms with Crippen LogP contribution in [0.1, 0.15) is 11.3 Å². The van der Waals surface area contributed by atoms with Gasteiger partial charge < -0.3 is 15.8 Å². The second kappa shape index (κ2) is 6.31. The molecule has 0 aliphatic heterocycles. The van der Waals surface area contributed by atoms with E-state index in [0.29, 0.717) is 17.3 Å². The lowest BCUT2D eigenvalue weighted by Gasteiger charge is -2.12. The van der Waals surface area contributed by atoms with Crippen molar-refractivity contribution >= 4 is 17.2 Å². The van der Waals surface area contributed by atoms with Crippen molar-refractivity contribution in [2.75, 3.05) is 11.1 Å². The van der Waals surface area contributed by atoms with E-state index in [1.165, 1.54) is 6.33 Å². The van der Waals surface area contributed by atoms with Crippen molar-refractivity contribution in [3.63, 3.8) is 0 Å². The first-order chi connectivity index (χ1) is 11.1. The van der Waals surface area contributed by atoms with Gasteiger partial charge in [-0.05, 0) is 49.7 Å². The molecule has 0 atom stereocenters. The lowest BCUT2D eigenvalue weighted by Crippen LogP contribution is -2.00. The number of nitrogens with two attached hydrogens (primary N) is 1. The number of pyridine rings is 1. The van der Waals surface area contributed by atoms with Crippen LogP contribution < -0.4 is 15.8 Å². The zero-order valence-electron chi connectivity index (χ0n) is 12.9. The molecule has 3 N–H and O–H groups in total. The van der Waals surface area contributed by atoms with Gasteiger partial charge in [0.25, 0.3) is 0 Å². The van der Waals surface area contributed by atoms with E-state index in [0.717, 1.165) is 22.7 Å². The van der Waals surface area contributed by atoms with Crippen molar-refractivity contribution in [3.8, 4) is 11.5 Å². The van der Waals surface area contributed by atoms with Crippen LogP contribution in [0, 0.1) is 13.8 Å². The quantitative estimate of drug-likeness (QED) is 0.766. The molecule has 0 spiro atoms. The third-order valence-corrected chi connectivity index (χ3v) is 3.29. The average molecular weight is 307 g/mol. The molecule has 0 aliphatic carbocycles. The fourth-order valence-electron chi connectivity index (χ4n) is 2.06. The van der Waals surface area contributed by atoms with E-state index in [-0.39, 0.29) is 0 Å². The van der Waals surface area contributed by atoms with Crippen LogP contribution in [0.4, 0.5) is 17.2 Å². The van der Waals surface area contributed by atoms with Crippen LogP contribution in [0.25, 0.3) is 0 Å². The third kappa shape index (κ3) is 3.55. The summed E-state index contributed by atoms with van der Waals surface area (Å²) in [6.07, 6.45) is 4.72. The molecule has 3 rings (SSSR count). The molecule has 6 heteroatoms. The predicted octanol–water partition coefficient (Wildman–Crippen LogP) is 3.61. The van der Waals surface area contributed by atoms with Crippen LogP contribution >= 0.6 is 0 Å². The van der Waals surface area contributed by atoms with Gasteiger partial charge >= 0.3 is 0 Å². The first-order valence-corrected chi connectivity index (χ1v) is 7.15. The highest BCUT2D eigenvalue weighted by Crippen LogP contribution is 2.28. The highest BCUT2D eigenvalue weighted by atomic mass is 16.5. The lowest BCUT2D eigenvalue weighted by atomic mass is 10.2. The van der Waals surface area contributed by atoms with Gasteiger partial charge in [-0.3, -0.25) is 4.98 Å². The van der Waals surface area contributed by atoms with E-state index in [4.69, 9.17) is 10.5 Å². The fourth-order valence-corrected chi connectivity index (χ4v) is 2.06. The van der Waals surface area contributed by atoms with Crippen LogP contribution in [-0.4, -0.2) is 15.0 Å². The smallest absolute Gasteiger partial charge is 0.157 e. The molecule has 0 bridgehead atoms. The number of anilines is 3. The number of nitrogens with one attached hydrogen (secondary N) is 1. The summed E-state index contributed by atoms with van der Waals surface area (Å²) in [6.45, 7) is 3.92. The van der Waals surface area contributed by atoms with Crippen molar-refractivity contribution in [3.05, 3.63) is 60.3 Å². The van der Waals surface area contributed by atoms with Crippen molar-refractivity contribution < 1.29 is 4.74 Å². The monoisotopic (exact) mass is 307 g/mol. The summed E-state index contributed by atoms with van der Waals surface area (Å²) in [6, 6.07) is 9.59. The first-order valence-electron chi connectivity index (χ1n) is 7.15. The molecule has 1 aromatic carbocycles. The highest BCUT2D eigenvalue weighted by molar-refractivity contribution is 5.68. The van der Waals surface area contributed by atoms with Gasteiger partial charge in [0.05, 0.1) is 18.1 Å². The van der Waals surface area contributed by atoms with Crippen molar-refractivity contribution in [2.24, 2.45) is 0 Å². The number of aryl methyl sites for hydroxylation is 2. The minimum Gasteiger partial charge on any atom is -0.455 e. The van der Waals surface area contributed by atoms with Gasteiger partial charge in [0.15, 0.2) is 5.82 Å². The number of aromatic nitrogens is 3. The normalized spacial score (nSPS) is 10.3. The minimum absolute atomic E-state index is 0.496. The maximum atomic E-state index is 5.85. The minimum atomic E-state index is 0.496. The zero-order valence-corrected chi connectivity index (χ0v) is 12.9. The molecular formula is C17H17N5O. The molecule has 116 valence electrons. The lowest BCUT2D eigenvalue weighted by molar-refractivity contribution is 0.476. The average Bonchev–Trinajstić information content (AvgIpc) is 2.54. The van der Waals surface area contributed by atoms with Gasteiger partial charge in [0.2, 0.25) is 0 Å². The highest BCUT2D eigenvalue weighted by Gasteiger charge is 2.05. The van der Waals surface area contributed by atoms with E-state index < -0.39 is 0 Å². The summed E-state index contributed by atoms with van der Waals surface area (Å²) in [5.41, 5.74) is 9.15. The number of benzene rings is 1. The Labute approximate surface area is 134 Å². The first kappa shape index (κ1) is 14.8. The Balaban J connectivity index is 1.78. The number of ether oxygens (including phenoxy) is 1. The number of rotatable bonds is 4. The van der Waals surface area contributed by atoms with Crippen molar-refractivity contribution in [1.29, 1.82) is 0 Å². The van der Waals surface area contributed by atoms with Gasteiger partial charge in [0, 0.05) is 11.4 Å². The summed E-state index contributed by atoms with van der Waals surface area (Å²) >= 11 is 0. The van der Waals surface area contributed by atoms with E-state index in [2.05, 4.69) is 20.3 Å². The molecule has 0 unspecified atom stereocenters. The topological polar surface area (TPSA) is 86.0 Å². The van der Waals surface area contributed by atoms with Crippen molar-refractivity contribution in [2.45, 2.75) is 13.8 Å². The van der Waals surface area contributed by atoms with Crippen LogP contribution in [0.5, 0.6) is 11.5 Å². The maximum absolute atomic E-state index is 5.85. The molecule has 23 heavy (non-hydrogen) atoms. The largest absolute Gasteiger partial charge is 0.455 e. The summed E-state index contributed by atoms with van der Waals surface area (Å²) in [4.78, 5) is 12.2. The fraction of sp³-hybridized carbons (Fsp3) is 0.118. The Morgan fingerprint density at radius 1 is 1.04 bits per heavy atom. The molecule has 0 saturated heterocycles. The molecule has 0 radical (unpaired) electrons. The van der Waals surface area contributed by atoms with E-state index in [1.54, 1.807) is 12.4 Å². The summed E-state index contributed by atoms with van der Waals surface area (Å²) < 4.78 is 5.85. The van der Waals surface area contributed by atoms with Gasteiger partial charge in [-0.2, -0.15) is 0 Å². The van der Waals surface area contributed by atoms with E-state index >= 15 is 0 Å². The second-order valence-corrected chi connectivity index (χ2v) is 5.17. The number of nitrogens with zero attached hydrogens (tertiary/aromatic N) is 3. The van der Waals surface area contributed by atoms with Crippen molar-refractivity contribution in [1.82, 2.24) is 15.0 Å². The Hall–Kier alpha value is -3.15. The molecule has 0 aliphatic rings. The summed E-state index contributed by atoms with van der Waals surface area (Å²) in [7, 11) is 0. The zero-order chi connectivity index (χ0) is 16.2. The van der Waals surface area contributed by atoms with E-state index in [1.807, 2.05) is 44.2 Å². The predicted molar refractivity (Wildman–Crippen MR) is 90.0 cm³/mol. The molecule has 2 aromatic heterocycles. The van der Waals surface area contributed by atoms with Crippen LogP contribution in [0.15, 0.2) is 49.1 Å². The Kier molecular flexibility index (Phi) is 4.05. The standard InChI is InChI=1S/C17H17N5O/c1-11-7-13(22-17-15(18)9-19-10-21-17)4-6-16(11)23-14-5-3-12(2)20-8-14/h3-10H,18H2,1-2H3,(H,19,21,22). The number of hydrogen-bond donors (Lipinski definition) is 2. The second-order valence-electron chi connectivity index (χ2n) is 5.17. The van der Waals surface area contributed by atoms with E-state index in [9.17, 15) is 0 Å². The van der Waals surface area contributed by atoms with Crippen LogP contribution in [-0.2, 0) is 0 Å². The molecule has 3 aromatic rings. The molecule has 2 heterocycles. The van der Waals surface area contributed by atoms with Gasteiger partial charge in [-0.1, -0.05) is 0 Å². The molecule has 0 amide bonds. The number of hydrogen-bond acceptors (Lipinski definition) is 6. The molecular weight excluding hydrogens is 290 g/mol. The molecule has 0 fully saturated rings. The summed E-state index contributed by atoms with van der Waals surface area (Å²) in [5.74, 6) is 2.06. The Bertz CT molecular complexity index is 817. The molecule has 6 nitrogen and oxygen atoms in total. The van der Waals surface area contributed by atoms with Gasteiger partial charge in [-0.15, -0.1) is 0 Å². The number of nitrogen functional groups attached to an aromatic ring is 1. The molecule has 0 saturated carbocycles. The summed E-state index contributed by atoms with van der Waals surface area (Å²) in [5, 5.41) is 3.17. The SMILES string of the molecule is Cc1ccc(Oc2ccc(Nc3ncncc3N)cc2C)cn1. The van der Waals surface area contributed by atoms with Gasteiger partial charge in [-0.25, -0.2) is 9.97 Å². The maximum Gasteiger partial charge on any atom is 0.157 e. The van der Waals surface area contributed by atoms with Crippen LogP contribution in [0.3, 0.4) is 0 Å². The van der Waals surface area contributed by atoms with Crippen LogP contribution in [0.2, 0.25) is 0 Å². The Morgan fingerprint density at radius 2 is 1.91 bits per heavy atom. The Morgan fingerprint density at radius 3 is 2.61 bits per heavy atom.